The van der Waals surface area contributed by atoms with Gasteiger partial charge in [-0.1, -0.05) is 6.07 Å². The average Bonchev–Trinajstić information content (AvgIpc) is 3.25. The van der Waals surface area contributed by atoms with Gasteiger partial charge in [-0.3, -0.25) is 9.59 Å². The minimum absolute atomic E-state index is 0.0975. The Labute approximate surface area is 225 Å². The van der Waals surface area contributed by atoms with Crippen molar-refractivity contribution in [3.8, 4) is 22.6 Å². The number of hydrogen-bond acceptors (Lipinski definition) is 4. The molecule has 2 aromatic heterocycles. The molecular formula is C31H32FN3O4. The van der Waals surface area contributed by atoms with Gasteiger partial charge in [-0.25, -0.2) is 4.39 Å². The fourth-order valence-corrected chi connectivity index (χ4v) is 5.99. The molecule has 2 aromatic carbocycles. The number of aromatic amines is 1. The highest BCUT2D eigenvalue weighted by Gasteiger charge is 2.57. The first-order valence-electron chi connectivity index (χ1n) is 13.2. The average molecular weight is 530 g/mol. The molecule has 39 heavy (non-hydrogen) atoms. The van der Waals surface area contributed by atoms with E-state index in [9.17, 15) is 19.1 Å². The van der Waals surface area contributed by atoms with Crippen LogP contribution in [0.4, 0.5) is 4.39 Å². The Hall–Kier alpha value is -3.91. The number of amides is 1. The number of hydrogen-bond donors (Lipinski definition) is 3. The first-order chi connectivity index (χ1) is 18.3. The molecule has 2 bridgehead atoms. The SMILES string of the molecule is Cc1cc(F)cc(C)c1Oc1ccc(C(C)(C)O)cc1-c1cn(C)c(=O)c2[nH]c(C(=O)NC34CC(C3)C4)cc12. The lowest BCUT2D eigenvalue weighted by Crippen LogP contribution is -2.68. The van der Waals surface area contributed by atoms with Crippen LogP contribution < -0.4 is 15.6 Å². The number of benzene rings is 2. The Bertz CT molecular complexity index is 1690. The van der Waals surface area contributed by atoms with Gasteiger partial charge >= 0.3 is 0 Å². The Balaban J connectivity index is 1.51. The second-order valence-corrected chi connectivity index (χ2v) is 11.9. The minimum atomic E-state index is -1.14. The van der Waals surface area contributed by atoms with E-state index < -0.39 is 5.60 Å². The molecular weight excluding hydrogens is 497 g/mol. The van der Waals surface area contributed by atoms with Crippen LogP contribution in [0.3, 0.4) is 0 Å². The molecule has 0 radical (unpaired) electrons. The standard InChI is InChI=1S/C31H32FN3O4/c1-16-8-20(32)9-17(2)27(16)39-25-7-6-19(30(3,4)38)10-21(25)23-15-35(5)29(37)26-22(23)11-24(33-26)28(36)34-31-12-18(13-31)14-31/h6-11,15,18,33,38H,12-14H2,1-5H3,(H,34,36). The number of fused-ring (bicyclic) bond motifs is 1. The lowest BCUT2D eigenvalue weighted by atomic mass is 9.50. The normalized spacial score (nSPS) is 19.9. The maximum absolute atomic E-state index is 14.0. The van der Waals surface area contributed by atoms with Crippen LogP contribution in [-0.4, -0.2) is 26.1 Å². The third kappa shape index (κ3) is 4.23. The van der Waals surface area contributed by atoms with Crippen molar-refractivity contribution >= 4 is 16.8 Å². The monoisotopic (exact) mass is 529 g/mol. The number of nitrogens with zero attached hydrogens (tertiary/aromatic N) is 1. The van der Waals surface area contributed by atoms with E-state index in [0.717, 1.165) is 25.2 Å². The van der Waals surface area contributed by atoms with Crippen LogP contribution in [-0.2, 0) is 12.6 Å². The van der Waals surface area contributed by atoms with E-state index >= 15 is 0 Å². The van der Waals surface area contributed by atoms with Crippen molar-refractivity contribution in [2.45, 2.75) is 58.1 Å². The van der Waals surface area contributed by atoms with E-state index in [1.54, 1.807) is 59.1 Å². The number of aliphatic hydroxyl groups is 1. The predicted octanol–water partition coefficient (Wildman–Crippen LogP) is 5.59. The van der Waals surface area contributed by atoms with Crippen molar-refractivity contribution in [2.75, 3.05) is 0 Å². The van der Waals surface area contributed by atoms with Crippen molar-refractivity contribution in [2.24, 2.45) is 13.0 Å². The summed E-state index contributed by atoms with van der Waals surface area (Å²) in [5, 5.41) is 14.5. The molecule has 4 aromatic rings. The fourth-order valence-electron chi connectivity index (χ4n) is 5.99. The molecule has 7 nitrogen and oxygen atoms in total. The Morgan fingerprint density at radius 1 is 1.13 bits per heavy atom. The van der Waals surface area contributed by atoms with E-state index in [-0.39, 0.29) is 22.8 Å². The van der Waals surface area contributed by atoms with Crippen LogP contribution in [0.1, 0.15) is 60.3 Å². The minimum Gasteiger partial charge on any atom is -0.456 e. The van der Waals surface area contributed by atoms with Crippen molar-refractivity contribution in [1.82, 2.24) is 14.9 Å². The van der Waals surface area contributed by atoms with E-state index in [0.29, 0.717) is 55.9 Å². The molecule has 8 heteroatoms. The highest BCUT2D eigenvalue weighted by molar-refractivity contribution is 6.03. The first-order valence-corrected chi connectivity index (χ1v) is 13.2. The summed E-state index contributed by atoms with van der Waals surface area (Å²) in [5.41, 5.74) is 2.36. The third-order valence-electron chi connectivity index (χ3n) is 8.24. The molecule has 7 rings (SSSR count). The second-order valence-electron chi connectivity index (χ2n) is 11.9. The highest BCUT2D eigenvalue weighted by atomic mass is 19.1. The maximum Gasteiger partial charge on any atom is 0.274 e. The zero-order valence-electron chi connectivity index (χ0n) is 22.7. The van der Waals surface area contributed by atoms with Crippen LogP contribution in [0, 0.1) is 25.6 Å². The fraction of sp³-hybridized carbons (Fsp3) is 0.355. The molecule has 3 aliphatic carbocycles. The smallest absolute Gasteiger partial charge is 0.274 e. The number of halogens is 1. The van der Waals surface area contributed by atoms with Crippen LogP contribution >= 0.6 is 0 Å². The number of aromatic nitrogens is 2. The summed E-state index contributed by atoms with van der Waals surface area (Å²) in [6.45, 7) is 6.95. The number of rotatable bonds is 6. The number of carbonyl (C=O) groups excluding carboxylic acids is 1. The summed E-state index contributed by atoms with van der Waals surface area (Å²) in [6.07, 6.45) is 4.75. The quantitative estimate of drug-likeness (QED) is 0.303. The van der Waals surface area contributed by atoms with Gasteiger partial charge in [0.2, 0.25) is 0 Å². The summed E-state index contributed by atoms with van der Waals surface area (Å²) in [4.78, 5) is 29.3. The van der Waals surface area contributed by atoms with Gasteiger partial charge in [0.25, 0.3) is 11.5 Å². The van der Waals surface area contributed by atoms with Gasteiger partial charge in [-0.05, 0) is 99.9 Å². The zero-order chi connectivity index (χ0) is 27.9. The summed E-state index contributed by atoms with van der Waals surface area (Å²) in [6, 6.07) is 9.93. The molecule has 3 N–H and O–H groups in total. The number of carbonyl (C=O) groups is 1. The van der Waals surface area contributed by atoms with Crippen LogP contribution in [0.2, 0.25) is 0 Å². The van der Waals surface area contributed by atoms with Gasteiger partial charge < -0.3 is 24.7 Å². The van der Waals surface area contributed by atoms with Gasteiger partial charge in [0.15, 0.2) is 0 Å². The number of H-pyrrole nitrogens is 1. The predicted molar refractivity (Wildman–Crippen MR) is 148 cm³/mol. The molecule has 3 saturated carbocycles. The number of pyridine rings is 1. The molecule has 202 valence electrons. The Morgan fingerprint density at radius 3 is 2.38 bits per heavy atom. The summed E-state index contributed by atoms with van der Waals surface area (Å²) < 4.78 is 21.8. The van der Waals surface area contributed by atoms with E-state index in [1.165, 1.54) is 16.7 Å². The maximum atomic E-state index is 14.0. The van der Waals surface area contributed by atoms with Gasteiger partial charge in [0.1, 0.15) is 28.5 Å². The summed E-state index contributed by atoms with van der Waals surface area (Å²) in [5.74, 6) is 1.16. The van der Waals surface area contributed by atoms with Crippen molar-refractivity contribution in [1.29, 1.82) is 0 Å². The van der Waals surface area contributed by atoms with E-state index in [1.807, 2.05) is 6.07 Å². The molecule has 0 atom stereocenters. The van der Waals surface area contributed by atoms with Gasteiger partial charge in [0.05, 0.1) is 5.60 Å². The molecule has 0 aliphatic heterocycles. The van der Waals surface area contributed by atoms with Crippen LogP contribution in [0.25, 0.3) is 22.0 Å². The van der Waals surface area contributed by atoms with Crippen molar-refractivity contribution in [3.05, 3.63) is 81.2 Å². The lowest BCUT2D eigenvalue weighted by molar-refractivity contribution is -0.0439. The summed E-state index contributed by atoms with van der Waals surface area (Å²) >= 11 is 0. The van der Waals surface area contributed by atoms with Crippen LogP contribution in [0.15, 0.2) is 47.4 Å². The van der Waals surface area contributed by atoms with Gasteiger partial charge in [-0.2, -0.15) is 0 Å². The highest BCUT2D eigenvalue weighted by Crippen LogP contribution is 2.57. The Morgan fingerprint density at radius 2 is 1.79 bits per heavy atom. The third-order valence-corrected chi connectivity index (χ3v) is 8.24. The molecule has 0 spiro atoms. The first kappa shape index (κ1) is 25.4. The number of ether oxygens (including phenoxy) is 1. The molecule has 0 unspecified atom stereocenters. The number of nitrogens with one attached hydrogen (secondary N) is 2. The molecule has 0 saturated heterocycles. The second kappa shape index (κ2) is 8.55. The molecule has 3 aliphatic rings. The van der Waals surface area contributed by atoms with Crippen LogP contribution in [0.5, 0.6) is 11.5 Å². The number of aryl methyl sites for hydroxylation is 3. The van der Waals surface area contributed by atoms with Crippen molar-refractivity contribution < 1.29 is 19.0 Å². The zero-order valence-corrected chi connectivity index (χ0v) is 22.7. The van der Waals surface area contributed by atoms with Gasteiger partial charge in [0, 0.05) is 35.3 Å². The Kier molecular flexibility index (Phi) is 5.56. The molecule has 2 heterocycles. The molecule has 1 amide bonds. The van der Waals surface area contributed by atoms with E-state index in [2.05, 4.69) is 10.3 Å². The largest absolute Gasteiger partial charge is 0.456 e. The van der Waals surface area contributed by atoms with Gasteiger partial charge in [-0.15, -0.1) is 0 Å². The topological polar surface area (TPSA) is 96.3 Å². The molecule has 3 fully saturated rings. The summed E-state index contributed by atoms with van der Waals surface area (Å²) in [7, 11) is 1.66. The van der Waals surface area contributed by atoms with Crippen molar-refractivity contribution in [3.63, 3.8) is 0 Å². The van der Waals surface area contributed by atoms with E-state index in [4.69, 9.17) is 4.74 Å². The lowest BCUT2D eigenvalue weighted by Gasteiger charge is -2.61.